The van der Waals surface area contributed by atoms with Gasteiger partial charge in [0, 0.05) is 13.1 Å². The molecule has 2 rings (SSSR count). The molecule has 2 nitrogen and oxygen atoms in total. The van der Waals surface area contributed by atoms with Crippen molar-refractivity contribution in [3.63, 3.8) is 0 Å². The number of rotatable bonds is 4. The predicted molar refractivity (Wildman–Crippen MR) is 72.8 cm³/mol. The molecule has 1 atom stereocenters. The number of hydrogen-bond donors (Lipinski definition) is 1. The molecule has 0 radical (unpaired) electrons. The Labute approximate surface area is 104 Å². The summed E-state index contributed by atoms with van der Waals surface area (Å²) in [5.74, 6) is 0. The quantitative estimate of drug-likeness (QED) is 0.855. The highest BCUT2D eigenvalue weighted by Crippen LogP contribution is 2.15. The molecular formula is C15H22N2. The molecule has 0 aromatic heterocycles. The van der Waals surface area contributed by atoms with Crippen LogP contribution in [0.4, 0.5) is 0 Å². The van der Waals surface area contributed by atoms with Gasteiger partial charge in [-0.05, 0) is 44.1 Å². The molecule has 0 saturated carbocycles. The first kappa shape index (κ1) is 12.2. The lowest BCUT2D eigenvalue weighted by molar-refractivity contribution is 0.308. The molecule has 1 aliphatic heterocycles. The number of likely N-dealkylation sites (N-methyl/N-ethyl adjacent to an activating group) is 1. The minimum absolute atomic E-state index is 0.318. The van der Waals surface area contributed by atoms with Crippen molar-refractivity contribution < 1.29 is 0 Å². The maximum Gasteiger partial charge on any atom is 0.0520 e. The van der Waals surface area contributed by atoms with Gasteiger partial charge in [0.25, 0.3) is 0 Å². The number of piperidine rings is 1. The zero-order valence-electron chi connectivity index (χ0n) is 10.6. The van der Waals surface area contributed by atoms with Crippen LogP contribution in [0.2, 0.25) is 0 Å². The molecule has 1 aromatic rings. The first-order chi connectivity index (χ1) is 8.40. The van der Waals surface area contributed by atoms with E-state index in [0.29, 0.717) is 6.04 Å². The van der Waals surface area contributed by atoms with Gasteiger partial charge >= 0.3 is 0 Å². The van der Waals surface area contributed by atoms with Gasteiger partial charge in [0.1, 0.15) is 0 Å². The van der Waals surface area contributed by atoms with Crippen molar-refractivity contribution >= 4 is 0 Å². The van der Waals surface area contributed by atoms with Crippen LogP contribution >= 0.6 is 0 Å². The normalized spacial score (nSPS) is 18.5. The van der Waals surface area contributed by atoms with Crippen LogP contribution in [-0.4, -0.2) is 25.0 Å². The first-order valence-electron chi connectivity index (χ1n) is 6.55. The molecular weight excluding hydrogens is 208 g/mol. The highest BCUT2D eigenvalue weighted by molar-refractivity contribution is 5.22. The first-order valence-corrected chi connectivity index (χ1v) is 6.55. The van der Waals surface area contributed by atoms with E-state index in [2.05, 4.69) is 52.8 Å². The molecule has 17 heavy (non-hydrogen) atoms. The van der Waals surface area contributed by atoms with Crippen molar-refractivity contribution in [1.29, 1.82) is 0 Å². The number of likely N-dealkylation sites (tertiary alicyclic amines) is 1. The van der Waals surface area contributed by atoms with Crippen molar-refractivity contribution in [2.75, 3.05) is 20.1 Å². The number of hydrogen-bond acceptors (Lipinski definition) is 2. The zero-order chi connectivity index (χ0) is 11.9. The van der Waals surface area contributed by atoms with Gasteiger partial charge in [0.2, 0.25) is 0 Å². The fourth-order valence-electron chi connectivity index (χ4n) is 2.31. The average Bonchev–Trinajstić information content (AvgIpc) is 2.42. The number of benzene rings is 1. The van der Waals surface area contributed by atoms with Crippen molar-refractivity contribution in [3.05, 3.63) is 48.2 Å². The van der Waals surface area contributed by atoms with Gasteiger partial charge in [-0.2, -0.15) is 0 Å². The third-order valence-corrected chi connectivity index (χ3v) is 3.35. The molecule has 0 aliphatic carbocycles. The monoisotopic (exact) mass is 230 g/mol. The van der Waals surface area contributed by atoms with Gasteiger partial charge < -0.3 is 10.2 Å². The molecule has 1 saturated heterocycles. The van der Waals surface area contributed by atoms with Crippen LogP contribution < -0.4 is 5.32 Å². The summed E-state index contributed by atoms with van der Waals surface area (Å²) in [6, 6.07) is 10.9. The smallest absolute Gasteiger partial charge is 0.0520 e. The lowest BCUT2D eigenvalue weighted by Crippen LogP contribution is -2.25. The summed E-state index contributed by atoms with van der Waals surface area (Å²) in [5, 5.41) is 3.34. The Kier molecular flexibility index (Phi) is 4.63. The van der Waals surface area contributed by atoms with E-state index in [0.717, 1.165) is 0 Å². The van der Waals surface area contributed by atoms with Crippen LogP contribution in [0.5, 0.6) is 0 Å². The molecule has 92 valence electrons. The molecule has 0 bridgehead atoms. The SMILES string of the molecule is CNC(/C=C/N1CCCCC1)c1ccccc1. The number of nitrogens with zero attached hydrogens (tertiary/aromatic N) is 1. The summed E-state index contributed by atoms with van der Waals surface area (Å²) < 4.78 is 0. The fourth-order valence-corrected chi connectivity index (χ4v) is 2.31. The van der Waals surface area contributed by atoms with Gasteiger partial charge in [0.15, 0.2) is 0 Å². The molecule has 1 unspecified atom stereocenters. The van der Waals surface area contributed by atoms with E-state index in [1.54, 1.807) is 0 Å². The maximum atomic E-state index is 3.34. The van der Waals surface area contributed by atoms with Crippen LogP contribution in [0.25, 0.3) is 0 Å². The van der Waals surface area contributed by atoms with E-state index in [1.807, 2.05) is 7.05 Å². The fraction of sp³-hybridized carbons (Fsp3) is 0.467. The lowest BCUT2D eigenvalue weighted by atomic mass is 10.1. The van der Waals surface area contributed by atoms with Crippen molar-refractivity contribution in [2.45, 2.75) is 25.3 Å². The second-order valence-electron chi connectivity index (χ2n) is 4.62. The highest BCUT2D eigenvalue weighted by atomic mass is 15.1. The summed E-state index contributed by atoms with van der Waals surface area (Å²) in [7, 11) is 2.01. The Morgan fingerprint density at radius 3 is 2.47 bits per heavy atom. The largest absolute Gasteiger partial charge is 0.378 e. The number of nitrogens with one attached hydrogen (secondary N) is 1. The van der Waals surface area contributed by atoms with E-state index < -0.39 is 0 Å². The summed E-state index contributed by atoms with van der Waals surface area (Å²) in [6.07, 6.45) is 8.58. The average molecular weight is 230 g/mol. The van der Waals surface area contributed by atoms with E-state index >= 15 is 0 Å². The summed E-state index contributed by atoms with van der Waals surface area (Å²) in [5.41, 5.74) is 1.32. The van der Waals surface area contributed by atoms with Crippen LogP contribution in [0.1, 0.15) is 30.9 Å². The standard InChI is InChI=1S/C15H22N2/c1-16-15(14-8-4-2-5-9-14)10-13-17-11-6-3-7-12-17/h2,4-5,8-10,13,15-16H,3,6-7,11-12H2,1H3/b13-10+. The third kappa shape index (κ3) is 3.60. The Hall–Kier alpha value is -1.28. The third-order valence-electron chi connectivity index (χ3n) is 3.35. The summed E-state index contributed by atoms with van der Waals surface area (Å²) >= 11 is 0. The minimum Gasteiger partial charge on any atom is -0.378 e. The van der Waals surface area contributed by atoms with Gasteiger partial charge in [-0.3, -0.25) is 0 Å². The lowest BCUT2D eigenvalue weighted by Gasteiger charge is -2.25. The van der Waals surface area contributed by atoms with Crippen molar-refractivity contribution in [3.8, 4) is 0 Å². The second-order valence-corrected chi connectivity index (χ2v) is 4.62. The molecule has 0 spiro atoms. The molecule has 1 N–H and O–H groups in total. The predicted octanol–water partition coefficient (Wildman–Crippen LogP) is 2.95. The van der Waals surface area contributed by atoms with Crippen LogP contribution in [0.3, 0.4) is 0 Å². The summed E-state index contributed by atoms with van der Waals surface area (Å²) in [4.78, 5) is 2.43. The van der Waals surface area contributed by atoms with Crippen LogP contribution in [-0.2, 0) is 0 Å². The molecule has 1 fully saturated rings. The van der Waals surface area contributed by atoms with Crippen molar-refractivity contribution in [2.24, 2.45) is 0 Å². The van der Waals surface area contributed by atoms with E-state index in [-0.39, 0.29) is 0 Å². The highest BCUT2D eigenvalue weighted by Gasteiger charge is 2.07. The second kappa shape index (κ2) is 6.45. The molecule has 0 amide bonds. The van der Waals surface area contributed by atoms with Gasteiger partial charge in [0.05, 0.1) is 6.04 Å². The van der Waals surface area contributed by atoms with Gasteiger partial charge in [-0.1, -0.05) is 30.3 Å². The van der Waals surface area contributed by atoms with Gasteiger partial charge in [-0.15, -0.1) is 0 Å². The molecule has 1 aromatic carbocycles. The molecule has 1 aliphatic rings. The zero-order valence-corrected chi connectivity index (χ0v) is 10.6. The van der Waals surface area contributed by atoms with Crippen molar-refractivity contribution in [1.82, 2.24) is 10.2 Å². The van der Waals surface area contributed by atoms with E-state index in [9.17, 15) is 0 Å². The Morgan fingerprint density at radius 2 is 1.82 bits per heavy atom. The Morgan fingerprint density at radius 1 is 1.12 bits per heavy atom. The maximum absolute atomic E-state index is 3.34. The van der Waals surface area contributed by atoms with E-state index in [1.165, 1.54) is 37.9 Å². The topological polar surface area (TPSA) is 15.3 Å². The Bertz CT molecular complexity index is 339. The molecule has 1 heterocycles. The van der Waals surface area contributed by atoms with Crippen LogP contribution in [0.15, 0.2) is 42.6 Å². The van der Waals surface area contributed by atoms with Gasteiger partial charge in [-0.25, -0.2) is 0 Å². The van der Waals surface area contributed by atoms with Crippen LogP contribution in [0, 0.1) is 0 Å². The minimum atomic E-state index is 0.318. The Balaban J connectivity index is 1.97. The van der Waals surface area contributed by atoms with E-state index in [4.69, 9.17) is 0 Å². The molecule has 2 heteroatoms. The summed E-state index contributed by atoms with van der Waals surface area (Å²) in [6.45, 7) is 2.42.